The number of methoxy groups -OCH3 is 2. The third-order valence-electron chi connectivity index (χ3n) is 8.53. The van der Waals surface area contributed by atoms with Crippen LogP contribution in [0.2, 0.25) is 0 Å². The highest BCUT2D eigenvalue weighted by Gasteiger charge is 2.37. The van der Waals surface area contributed by atoms with Crippen molar-refractivity contribution in [1.29, 1.82) is 0 Å². The number of hydrogen-bond acceptors (Lipinski definition) is 9. The second kappa shape index (κ2) is 16.0. The molecule has 11 nitrogen and oxygen atoms in total. The van der Waals surface area contributed by atoms with Gasteiger partial charge in [0.1, 0.15) is 5.75 Å². The van der Waals surface area contributed by atoms with Crippen LogP contribution in [0.15, 0.2) is 101 Å². The predicted molar refractivity (Wildman–Crippen MR) is 185 cm³/mol. The molecule has 3 N–H and O–H groups in total. The Morgan fingerprint density at radius 1 is 0.812 bits per heavy atom. The lowest BCUT2D eigenvalue weighted by Crippen LogP contribution is -2.47. The van der Waals surface area contributed by atoms with Gasteiger partial charge in [-0.2, -0.15) is 0 Å². The van der Waals surface area contributed by atoms with E-state index in [2.05, 4.69) is 31.8 Å². The van der Waals surface area contributed by atoms with Crippen LogP contribution in [0.4, 0.5) is 16.2 Å². The van der Waals surface area contributed by atoms with E-state index >= 15 is 0 Å². The summed E-state index contributed by atoms with van der Waals surface area (Å²) in [6.45, 7) is 8.49. The number of hydrogen-bond donors (Lipinski definition) is 3. The van der Waals surface area contributed by atoms with Crippen molar-refractivity contribution < 1.29 is 28.6 Å². The van der Waals surface area contributed by atoms with Gasteiger partial charge in [0.25, 0.3) is 0 Å². The maximum Gasteiger partial charge on any atom is 0.336 e. The van der Waals surface area contributed by atoms with E-state index in [4.69, 9.17) is 14.2 Å². The number of piperazine rings is 1. The zero-order valence-electron chi connectivity index (χ0n) is 27.9. The van der Waals surface area contributed by atoms with Crippen molar-refractivity contribution in [3.8, 4) is 11.5 Å². The molecule has 0 unspecified atom stereocenters. The number of anilines is 2. The fourth-order valence-electron chi connectivity index (χ4n) is 6.20. The third kappa shape index (κ3) is 8.16. The molecule has 1 saturated heterocycles. The van der Waals surface area contributed by atoms with Gasteiger partial charge in [0, 0.05) is 49.8 Å². The number of nitrogens with zero attached hydrogens (tertiary/aromatic N) is 2. The van der Waals surface area contributed by atoms with Gasteiger partial charge in [0.15, 0.2) is 5.75 Å². The minimum Gasteiger partial charge on any atom is -0.466 e. The van der Waals surface area contributed by atoms with Crippen molar-refractivity contribution in [3.63, 3.8) is 0 Å². The number of esters is 2. The molecule has 0 spiro atoms. The van der Waals surface area contributed by atoms with E-state index in [-0.39, 0.29) is 6.03 Å². The Labute approximate surface area is 281 Å². The number of allylic oxidation sites excluding steroid dienone is 2. The summed E-state index contributed by atoms with van der Waals surface area (Å²) >= 11 is 0. The molecular formula is C37H43N5O6. The van der Waals surface area contributed by atoms with Gasteiger partial charge in [-0.25, -0.2) is 14.4 Å². The number of amides is 2. The van der Waals surface area contributed by atoms with Crippen LogP contribution in [0.5, 0.6) is 11.5 Å². The smallest absolute Gasteiger partial charge is 0.336 e. The van der Waals surface area contributed by atoms with Crippen molar-refractivity contribution in [3.05, 3.63) is 107 Å². The molecule has 0 aromatic heterocycles. The van der Waals surface area contributed by atoms with Crippen LogP contribution in [0.25, 0.3) is 0 Å². The fourth-order valence-corrected chi connectivity index (χ4v) is 6.20. The van der Waals surface area contributed by atoms with Crippen molar-refractivity contribution in [2.75, 3.05) is 63.7 Å². The van der Waals surface area contributed by atoms with Crippen LogP contribution in [0.3, 0.4) is 0 Å². The molecule has 11 heteroatoms. The number of carbonyl (C=O) groups excluding carboxylic acids is 3. The molecule has 5 rings (SSSR count). The molecule has 2 amide bonds. The second-order valence-corrected chi connectivity index (χ2v) is 11.7. The molecule has 3 aromatic carbocycles. The highest BCUT2D eigenvalue weighted by atomic mass is 16.5. The molecule has 0 radical (unpaired) electrons. The average molecular weight is 654 g/mol. The van der Waals surface area contributed by atoms with Crippen LogP contribution in [-0.2, 0) is 19.1 Å². The van der Waals surface area contributed by atoms with E-state index in [1.54, 1.807) is 38.1 Å². The number of nitrogens with one attached hydrogen (secondary N) is 3. The lowest BCUT2D eigenvalue weighted by atomic mass is 9.80. The maximum atomic E-state index is 12.8. The van der Waals surface area contributed by atoms with Crippen LogP contribution in [-0.4, -0.2) is 76.4 Å². The van der Waals surface area contributed by atoms with Gasteiger partial charge < -0.3 is 35.1 Å². The average Bonchev–Trinajstić information content (AvgIpc) is 3.10. The molecular weight excluding hydrogens is 610 g/mol. The van der Waals surface area contributed by atoms with Gasteiger partial charge in [-0.15, -0.1) is 0 Å². The predicted octanol–water partition coefficient (Wildman–Crippen LogP) is 5.39. The fraction of sp³-hybridized carbons (Fsp3) is 0.324. The van der Waals surface area contributed by atoms with Crippen molar-refractivity contribution in [2.45, 2.75) is 26.2 Å². The lowest BCUT2D eigenvalue weighted by molar-refractivity contribution is -0.137. The first-order chi connectivity index (χ1) is 23.3. The molecule has 1 fully saturated rings. The van der Waals surface area contributed by atoms with Crippen LogP contribution in [0.1, 0.15) is 31.7 Å². The number of benzene rings is 3. The van der Waals surface area contributed by atoms with Crippen LogP contribution in [0, 0.1) is 0 Å². The number of rotatable bonds is 11. The zero-order valence-corrected chi connectivity index (χ0v) is 27.9. The molecule has 252 valence electrons. The molecule has 0 bridgehead atoms. The quantitative estimate of drug-likeness (QED) is 0.185. The van der Waals surface area contributed by atoms with E-state index in [0.29, 0.717) is 40.3 Å². The molecule has 48 heavy (non-hydrogen) atoms. The summed E-state index contributed by atoms with van der Waals surface area (Å²) in [5.41, 5.74) is 4.02. The number of dihydropyridines is 1. The van der Waals surface area contributed by atoms with Gasteiger partial charge in [-0.3, -0.25) is 4.90 Å². The first-order valence-corrected chi connectivity index (χ1v) is 16.1. The lowest BCUT2D eigenvalue weighted by Gasteiger charge is -2.36. The van der Waals surface area contributed by atoms with E-state index in [1.807, 2.05) is 48.5 Å². The molecule has 2 heterocycles. The first kappa shape index (κ1) is 34.1. The minimum absolute atomic E-state index is 0.302. The summed E-state index contributed by atoms with van der Waals surface area (Å²) in [6, 6.07) is 24.7. The number of carbonyl (C=O) groups is 3. The topological polar surface area (TPSA) is 121 Å². The SMILES string of the molecule is COC(=O)C1=C(C)NC(C)=C(C(=O)OC)C1c1cccc(NC(=O)NCCCN2CCN(c3ccccc3Oc3ccccc3)CC2)c1. The van der Waals surface area contributed by atoms with E-state index < -0.39 is 17.9 Å². The van der Waals surface area contributed by atoms with Gasteiger partial charge >= 0.3 is 18.0 Å². The van der Waals surface area contributed by atoms with Gasteiger partial charge in [-0.05, 0) is 68.8 Å². The van der Waals surface area contributed by atoms with E-state index in [1.165, 1.54) is 14.2 Å². The van der Waals surface area contributed by atoms with Gasteiger partial charge in [-0.1, -0.05) is 42.5 Å². The second-order valence-electron chi connectivity index (χ2n) is 11.7. The first-order valence-electron chi connectivity index (χ1n) is 16.1. The minimum atomic E-state index is -0.735. The molecule has 0 saturated carbocycles. The Balaban J connectivity index is 1.12. The molecule has 0 aliphatic carbocycles. The van der Waals surface area contributed by atoms with Crippen molar-refractivity contribution >= 4 is 29.3 Å². The van der Waals surface area contributed by atoms with Crippen LogP contribution < -0.4 is 25.6 Å². The monoisotopic (exact) mass is 653 g/mol. The Bertz CT molecular complexity index is 1640. The maximum absolute atomic E-state index is 12.8. The zero-order chi connectivity index (χ0) is 34.0. The highest BCUT2D eigenvalue weighted by molar-refractivity contribution is 6.00. The number of ether oxygens (including phenoxy) is 3. The summed E-state index contributed by atoms with van der Waals surface area (Å²) in [6.07, 6.45) is 0.801. The Morgan fingerprint density at radius 2 is 1.46 bits per heavy atom. The summed E-state index contributed by atoms with van der Waals surface area (Å²) in [7, 11) is 2.60. The molecule has 2 aliphatic rings. The molecule has 3 aromatic rings. The van der Waals surface area contributed by atoms with Crippen LogP contribution >= 0.6 is 0 Å². The summed E-state index contributed by atoms with van der Waals surface area (Å²) < 4.78 is 16.3. The third-order valence-corrected chi connectivity index (χ3v) is 8.53. The molecule has 0 atom stereocenters. The van der Waals surface area contributed by atoms with E-state index in [9.17, 15) is 14.4 Å². The van der Waals surface area contributed by atoms with Crippen molar-refractivity contribution in [1.82, 2.24) is 15.5 Å². The molecule has 2 aliphatic heterocycles. The summed E-state index contributed by atoms with van der Waals surface area (Å²) in [4.78, 5) is 43.2. The number of urea groups is 1. The van der Waals surface area contributed by atoms with Crippen molar-refractivity contribution in [2.24, 2.45) is 0 Å². The highest BCUT2D eigenvalue weighted by Crippen LogP contribution is 2.40. The Kier molecular flexibility index (Phi) is 11.4. The van der Waals surface area contributed by atoms with Gasteiger partial charge in [0.2, 0.25) is 0 Å². The summed E-state index contributed by atoms with van der Waals surface area (Å²) in [5, 5.41) is 8.92. The van der Waals surface area contributed by atoms with Gasteiger partial charge in [0.05, 0.1) is 37.0 Å². The summed E-state index contributed by atoms with van der Waals surface area (Å²) in [5.74, 6) is -0.188. The largest absolute Gasteiger partial charge is 0.466 e. The Hall–Kier alpha value is -5.29. The number of para-hydroxylation sites is 3. The van der Waals surface area contributed by atoms with E-state index in [0.717, 1.165) is 56.3 Å². The normalized spacial score (nSPS) is 15.5. The standard InChI is InChI=1S/C37H43N5O6/c1-25-32(35(43)46-3)34(33(26(2)39-25)36(44)47-4)27-12-10-13-28(24-27)40-37(45)38-18-11-19-41-20-22-42(23-21-41)30-16-8-9-17-31(30)48-29-14-6-5-7-15-29/h5-10,12-17,24,34,39H,11,18-23H2,1-4H3,(H2,38,40,45). The Morgan fingerprint density at radius 3 is 2.12 bits per heavy atom.